The predicted molar refractivity (Wildman–Crippen MR) is 79.4 cm³/mol. The number of hydrogen-bond donors (Lipinski definition) is 1. The summed E-state index contributed by atoms with van der Waals surface area (Å²) in [6.45, 7) is 5.97. The zero-order valence-corrected chi connectivity index (χ0v) is 12.5. The molecular formula is C16H25NO3. The second-order valence-electron chi connectivity index (χ2n) is 5.85. The summed E-state index contributed by atoms with van der Waals surface area (Å²) >= 11 is 0. The lowest BCUT2D eigenvalue weighted by Gasteiger charge is -2.39. The molecular weight excluding hydrogens is 254 g/mol. The van der Waals surface area contributed by atoms with Gasteiger partial charge in [-0.3, -0.25) is 4.90 Å². The Kier molecular flexibility index (Phi) is 5.26. The lowest BCUT2D eigenvalue weighted by Crippen LogP contribution is -2.45. The highest BCUT2D eigenvalue weighted by Gasteiger charge is 2.29. The fourth-order valence-corrected chi connectivity index (χ4v) is 2.77. The van der Waals surface area contributed by atoms with Crippen LogP contribution in [0.5, 0.6) is 11.5 Å². The van der Waals surface area contributed by atoms with Crippen LogP contribution < -0.4 is 9.47 Å². The molecule has 2 rings (SSSR count). The first-order valence-corrected chi connectivity index (χ1v) is 7.26. The van der Waals surface area contributed by atoms with Crippen molar-refractivity contribution in [1.82, 2.24) is 4.90 Å². The minimum atomic E-state index is 0.0443. The van der Waals surface area contributed by atoms with E-state index in [9.17, 15) is 5.11 Å². The molecule has 4 nitrogen and oxygen atoms in total. The van der Waals surface area contributed by atoms with E-state index in [0.717, 1.165) is 44.0 Å². The summed E-state index contributed by atoms with van der Waals surface area (Å²) in [6, 6.07) is 7.70. The molecule has 0 saturated carbocycles. The molecule has 0 bridgehead atoms. The summed E-state index contributed by atoms with van der Waals surface area (Å²) < 4.78 is 11.1. The van der Waals surface area contributed by atoms with Crippen molar-refractivity contribution in [3.8, 4) is 11.5 Å². The SMILES string of the molecule is COc1ccccc1OCCN1CCCC(C)(CO)C1. The van der Waals surface area contributed by atoms with Gasteiger partial charge in [-0.2, -0.15) is 0 Å². The third-order valence-electron chi connectivity index (χ3n) is 3.98. The van der Waals surface area contributed by atoms with Crippen LogP contribution in [0, 0.1) is 5.41 Å². The van der Waals surface area contributed by atoms with E-state index in [1.807, 2.05) is 24.3 Å². The van der Waals surface area contributed by atoms with Crippen molar-refractivity contribution in [2.45, 2.75) is 19.8 Å². The van der Waals surface area contributed by atoms with Crippen LogP contribution >= 0.6 is 0 Å². The van der Waals surface area contributed by atoms with Crippen molar-refractivity contribution < 1.29 is 14.6 Å². The Hall–Kier alpha value is -1.26. The number of benzene rings is 1. The molecule has 1 unspecified atom stereocenters. The minimum absolute atomic E-state index is 0.0443. The molecule has 1 aliphatic rings. The molecule has 112 valence electrons. The second-order valence-corrected chi connectivity index (χ2v) is 5.85. The largest absolute Gasteiger partial charge is 0.493 e. The van der Waals surface area contributed by atoms with Gasteiger partial charge in [0.15, 0.2) is 11.5 Å². The number of likely N-dealkylation sites (tertiary alicyclic amines) is 1. The Morgan fingerprint density at radius 2 is 2.05 bits per heavy atom. The van der Waals surface area contributed by atoms with Gasteiger partial charge < -0.3 is 14.6 Å². The van der Waals surface area contributed by atoms with Crippen LogP contribution in [0.3, 0.4) is 0 Å². The monoisotopic (exact) mass is 279 g/mol. The molecule has 0 aromatic heterocycles. The Morgan fingerprint density at radius 3 is 2.75 bits per heavy atom. The number of methoxy groups -OCH3 is 1. The average molecular weight is 279 g/mol. The van der Waals surface area contributed by atoms with Gasteiger partial charge in [0.05, 0.1) is 7.11 Å². The smallest absolute Gasteiger partial charge is 0.161 e. The van der Waals surface area contributed by atoms with Gasteiger partial charge in [-0.05, 0) is 31.5 Å². The first-order valence-electron chi connectivity index (χ1n) is 7.26. The number of aliphatic hydroxyl groups is 1. The van der Waals surface area contributed by atoms with Crippen LogP contribution in [0.1, 0.15) is 19.8 Å². The van der Waals surface area contributed by atoms with Gasteiger partial charge in [0, 0.05) is 25.1 Å². The number of hydrogen-bond acceptors (Lipinski definition) is 4. The van der Waals surface area contributed by atoms with Gasteiger partial charge in [-0.15, -0.1) is 0 Å². The van der Waals surface area contributed by atoms with E-state index in [1.54, 1.807) is 7.11 Å². The molecule has 1 aliphatic heterocycles. The summed E-state index contributed by atoms with van der Waals surface area (Å²) in [7, 11) is 1.65. The molecule has 0 radical (unpaired) electrons. The van der Waals surface area contributed by atoms with Gasteiger partial charge in [0.2, 0.25) is 0 Å². The lowest BCUT2D eigenvalue weighted by atomic mass is 9.83. The van der Waals surface area contributed by atoms with Crippen LogP contribution in [0.15, 0.2) is 24.3 Å². The first-order chi connectivity index (χ1) is 9.67. The number of rotatable bonds is 6. The summed E-state index contributed by atoms with van der Waals surface area (Å²) in [5.41, 5.74) is 0.0443. The number of aliphatic hydroxyl groups excluding tert-OH is 1. The zero-order chi connectivity index (χ0) is 14.4. The topological polar surface area (TPSA) is 41.9 Å². The third kappa shape index (κ3) is 3.87. The van der Waals surface area contributed by atoms with Crippen molar-refractivity contribution in [3.63, 3.8) is 0 Å². The maximum Gasteiger partial charge on any atom is 0.161 e. The molecule has 0 spiro atoms. The fourth-order valence-electron chi connectivity index (χ4n) is 2.77. The molecule has 1 saturated heterocycles. The number of ether oxygens (including phenoxy) is 2. The highest BCUT2D eigenvalue weighted by molar-refractivity contribution is 5.39. The van der Waals surface area contributed by atoms with Crippen LogP contribution in [-0.4, -0.2) is 50.0 Å². The van der Waals surface area contributed by atoms with Crippen molar-refractivity contribution >= 4 is 0 Å². The predicted octanol–water partition coefficient (Wildman–Crippen LogP) is 2.17. The van der Waals surface area contributed by atoms with Crippen LogP contribution in [0.25, 0.3) is 0 Å². The Morgan fingerprint density at radius 1 is 1.30 bits per heavy atom. The van der Waals surface area contributed by atoms with E-state index >= 15 is 0 Å². The fraction of sp³-hybridized carbons (Fsp3) is 0.625. The molecule has 1 fully saturated rings. The molecule has 1 aromatic rings. The molecule has 0 amide bonds. The summed E-state index contributed by atoms with van der Waals surface area (Å²) in [5, 5.41) is 9.47. The maximum absolute atomic E-state index is 9.47. The van der Waals surface area contributed by atoms with E-state index in [2.05, 4.69) is 11.8 Å². The van der Waals surface area contributed by atoms with E-state index in [1.165, 1.54) is 0 Å². The molecule has 20 heavy (non-hydrogen) atoms. The average Bonchev–Trinajstić information content (AvgIpc) is 2.48. The second kappa shape index (κ2) is 6.95. The van der Waals surface area contributed by atoms with Crippen LogP contribution in [-0.2, 0) is 0 Å². The normalized spacial score (nSPS) is 23.6. The van der Waals surface area contributed by atoms with E-state index in [4.69, 9.17) is 9.47 Å². The number of nitrogens with zero attached hydrogens (tertiary/aromatic N) is 1. The van der Waals surface area contributed by atoms with Gasteiger partial charge >= 0.3 is 0 Å². The molecule has 1 atom stereocenters. The number of piperidine rings is 1. The summed E-state index contributed by atoms with van der Waals surface area (Å²) in [4.78, 5) is 2.37. The van der Waals surface area contributed by atoms with Crippen molar-refractivity contribution in [2.24, 2.45) is 5.41 Å². The van der Waals surface area contributed by atoms with E-state index in [0.29, 0.717) is 6.61 Å². The highest BCUT2D eigenvalue weighted by Crippen LogP contribution is 2.29. The van der Waals surface area contributed by atoms with Gasteiger partial charge in [0.25, 0.3) is 0 Å². The van der Waals surface area contributed by atoms with Crippen LogP contribution in [0.4, 0.5) is 0 Å². The van der Waals surface area contributed by atoms with Crippen molar-refractivity contribution in [2.75, 3.05) is 40.0 Å². The molecule has 0 aliphatic carbocycles. The Balaban J connectivity index is 1.81. The molecule has 1 heterocycles. The Bertz CT molecular complexity index is 424. The van der Waals surface area contributed by atoms with Crippen molar-refractivity contribution in [3.05, 3.63) is 24.3 Å². The van der Waals surface area contributed by atoms with Crippen molar-refractivity contribution in [1.29, 1.82) is 0 Å². The molecule has 4 heteroatoms. The van der Waals surface area contributed by atoms with Gasteiger partial charge in [-0.25, -0.2) is 0 Å². The Labute approximate surface area is 121 Å². The number of para-hydroxylation sites is 2. The lowest BCUT2D eigenvalue weighted by molar-refractivity contribution is 0.0404. The quantitative estimate of drug-likeness (QED) is 0.866. The van der Waals surface area contributed by atoms with E-state index < -0.39 is 0 Å². The zero-order valence-electron chi connectivity index (χ0n) is 12.5. The third-order valence-corrected chi connectivity index (χ3v) is 3.98. The van der Waals surface area contributed by atoms with Crippen LogP contribution in [0.2, 0.25) is 0 Å². The molecule has 1 aromatic carbocycles. The van der Waals surface area contributed by atoms with E-state index in [-0.39, 0.29) is 12.0 Å². The maximum atomic E-state index is 9.47. The van der Waals surface area contributed by atoms with Gasteiger partial charge in [0.1, 0.15) is 6.61 Å². The van der Waals surface area contributed by atoms with Gasteiger partial charge in [-0.1, -0.05) is 19.1 Å². The summed E-state index contributed by atoms with van der Waals surface area (Å²) in [5.74, 6) is 1.56. The first kappa shape index (κ1) is 15.1. The minimum Gasteiger partial charge on any atom is -0.493 e. The summed E-state index contributed by atoms with van der Waals surface area (Å²) in [6.07, 6.45) is 2.25. The molecule has 1 N–H and O–H groups in total. The standard InChI is InChI=1S/C16H25NO3/c1-16(13-18)8-5-9-17(12-16)10-11-20-15-7-4-3-6-14(15)19-2/h3-4,6-7,18H,5,8-13H2,1-2H3. The highest BCUT2D eigenvalue weighted by atomic mass is 16.5.